The highest BCUT2D eigenvalue weighted by Gasteiger charge is 2.53. The Labute approximate surface area is 172 Å². The number of carbonyl (C=O) groups is 4. The first-order valence-corrected chi connectivity index (χ1v) is 10.0. The number of carboxylic acids is 1. The molecular weight excluding hydrogens is 424 g/mol. The average molecular weight is 440 g/mol. The highest BCUT2D eigenvalue weighted by Crippen LogP contribution is 2.39. The fourth-order valence-electron chi connectivity index (χ4n) is 2.67. The number of anilines is 2. The van der Waals surface area contributed by atoms with Crippen LogP contribution in [-0.4, -0.2) is 69.3 Å². The number of nitrogen functional groups attached to an aromatic ring is 1. The van der Waals surface area contributed by atoms with Crippen molar-refractivity contribution < 1.29 is 29.1 Å². The largest absolute Gasteiger partial charge is 0.477 e. The molecule has 1 aromatic heterocycles. The van der Waals surface area contributed by atoms with Gasteiger partial charge in [-0.1, -0.05) is 5.16 Å². The third-order valence-corrected chi connectivity index (χ3v) is 6.17. The molecule has 1 saturated heterocycles. The Morgan fingerprint density at radius 3 is 2.86 bits per heavy atom. The molecule has 1 fully saturated rings. The van der Waals surface area contributed by atoms with Gasteiger partial charge in [-0.15, -0.1) is 23.1 Å². The lowest BCUT2D eigenvalue weighted by Crippen LogP contribution is -2.70. The van der Waals surface area contributed by atoms with Crippen LogP contribution in [0.2, 0.25) is 0 Å². The Kier molecular flexibility index (Phi) is 5.74. The molecule has 0 spiro atoms. The Morgan fingerprint density at radius 2 is 2.24 bits per heavy atom. The van der Waals surface area contributed by atoms with Crippen LogP contribution in [0.1, 0.15) is 6.92 Å². The number of carboxylic acid groups (broad SMARTS) is 1. The van der Waals surface area contributed by atoms with Crippen molar-refractivity contribution in [2.75, 3.05) is 23.4 Å². The minimum Gasteiger partial charge on any atom is -0.477 e. The summed E-state index contributed by atoms with van der Waals surface area (Å²) in [5.41, 5.74) is 6.01. The van der Waals surface area contributed by atoms with Crippen molar-refractivity contribution >= 4 is 64.1 Å². The zero-order chi connectivity index (χ0) is 21.3. The molecular formula is C15H16N6O6S2. The number of oxime groups is 1. The maximum atomic E-state index is 12.3. The van der Waals surface area contributed by atoms with Crippen molar-refractivity contribution in [3.63, 3.8) is 0 Å². The number of β-lactam (4-membered cyclic amide) rings is 1. The van der Waals surface area contributed by atoms with E-state index in [0.29, 0.717) is 17.5 Å². The zero-order valence-electron chi connectivity index (χ0n) is 15.2. The highest BCUT2D eigenvalue weighted by atomic mass is 32.2. The second-order valence-corrected chi connectivity index (χ2v) is 8.02. The highest BCUT2D eigenvalue weighted by molar-refractivity contribution is 8.00. The SMILES string of the molecule is CC1=C(C(=O)O)N2C(=O)C(NC(=O)/C=N/OC(=O)N(C)c3csc(N)n3)C2SC1. The van der Waals surface area contributed by atoms with Gasteiger partial charge >= 0.3 is 12.1 Å². The number of hydrogen-bond acceptors (Lipinski definition) is 10. The van der Waals surface area contributed by atoms with Crippen LogP contribution in [0, 0.1) is 0 Å². The van der Waals surface area contributed by atoms with E-state index < -0.39 is 35.3 Å². The Bertz CT molecular complexity index is 943. The summed E-state index contributed by atoms with van der Waals surface area (Å²) in [6.07, 6.45) is -0.177. The zero-order valence-corrected chi connectivity index (χ0v) is 16.8. The maximum absolute atomic E-state index is 12.3. The number of fused-ring (bicyclic) bond motifs is 1. The van der Waals surface area contributed by atoms with Gasteiger partial charge in [0.2, 0.25) is 0 Å². The molecule has 2 atom stereocenters. The van der Waals surface area contributed by atoms with Crippen LogP contribution < -0.4 is 16.0 Å². The average Bonchev–Trinajstić information content (AvgIpc) is 3.11. The van der Waals surface area contributed by atoms with E-state index in [-0.39, 0.29) is 16.6 Å². The van der Waals surface area contributed by atoms with Crippen LogP contribution in [0.3, 0.4) is 0 Å². The lowest BCUT2D eigenvalue weighted by atomic mass is 10.0. The second kappa shape index (κ2) is 8.08. The number of thiazole rings is 1. The monoisotopic (exact) mass is 440 g/mol. The van der Waals surface area contributed by atoms with Crippen molar-refractivity contribution in [2.24, 2.45) is 5.16 Å². The van der Waals surface area contributed by atoms with Crippen LogP contribution in [0.15, 0.2) is 21.8 Å². The quantitative estimate of drug-likeness (QED) is 0.248. The van der Waals surface area contributed by atoms with Crippen LogP contribution in [0.4, 0.5) is 15.7 Å². The van der Waals surface area contributed by atoms with Gasteiger partial charge in [0.05, 0.1) is 0 Å². The van der Waals surface area contributed by atoms with Crippen molar-refractivity contribution in [1.29, 1.82) is 0 Å². The van der Waals surface area contributed by atoms with Crippen molar-refractivity contribution in [2.45, 2.75) is 18.3 Å². The number of nitrogens with one attached hydrogen (secondary N) is 1. The third-order valence-electron chi connectivity index (χ3n) is 4.09. The summed E-state index contributed by atoms with van der Waals surface area (Å²) in [6.45, 7) is 1.64. The first-order valence-electron chi connectivity index (χ1n) is 8.08. The van der Waals surface area contributed by atoms with Crippen LogP contribution in [0.5, 0.6) is 0 Å². The van der Waals surface area contributed by atoms with E-state index in [4.69, 9.17) is 5.73 Å². The molecule has 12 nitrogen and oxygen atoms in total. The first kappa shape index (κ1) is 20.6. The van der Waals surface area contributed by atoms with Gasteiger partial charge in [0, 0.05) is 18.2 Å². The van der Waals surface area contributed by atoms with Gasteiger partial charge in [-0.25, -0.2) is 14.6 Å². The number of aromatic nitrogens is 1. The number of nitrogens with zero attached hydrogens (tertiary/aromatic N) is 4. The van der Waals surface area contributed by atoms with Gasteiger partial charge in [-0.2, -0.15) is 0 Å². The number of carbonyl (C=O) groups excluding carboxylic acids is 3. The Morgan fingerprint density at radius 1 is 1.52 bits per heavy atom. The van der Waals surface area contributed by atoms with E-state index in [2.05, 4.69) is 20.3 Å². The first-order chi connectivity index (χ1) is 13.7. The number of amides is 3. The van der Waals surface area contributed by atoms with Crippen molar-refractivity contribution in [1.82, 2.24) is 15.2 Å². The molecule has 3 heterocycles. The van der Waals surface area contributed by atoms with E-state index >= 15 is 0 Å². The second-order valence-electron chi connectivity index (χ2n) is 6.02. The number of rotatable bonds is 5. The summed E-state index contributed by atoms with van der Waals surface area (Å²) >= 11 is 2.49. The molecule has 0 bridgehead atoms. The predicted octanol–water partition coefficient (Wildman–Crippen LogP) is 0.0424. The smallest absolute Gasteiger partial charge is 0.441 e. The molecule has 0 saturated carbocycles. The molecule has 3 amide bonds. The standard InChI is InChI=1S/C15H16N6O6S2/c1-6-4-28-12-9(11(23)21(12)10(6)13(24)25)19-8(22)3-17-27-15(26)20(2)7-5-29-14(16)18-7/h3,5,9,12H,4H2,1-2H3,(H2,16,18)(H,19,22)(H,24,25)/b17-3+. The van der Waals surface area contributed by atoms with E-state index in [9.17, 15) is 24.3 Å². The minimum atomic E-state index is -1.19. The number of thioether (sulfide) groups is 1. The van der Waals surface area contributed by atoms with Gasteiger partial charge in [-0.3, -0.25) is 24.2 Å². The molecule has 0 radical (unpaired) electrons. The predicted molar refractivity (Wildman–Crippen MR) is 105 cm³/mol. The maximum Gasteiger partial charge on any atom is 0.441 e. The summed E-state index contributed by atoms with van der Waals surface area (Å²) in [7, 11) is 1.39. The fourth-order valence-corrected chi connectivity index (χ4v) is 4.55. The van der Waals surface area contributed by atoms with Crippen LogP contribution in [-0.2, 0) is 19.2 Å². The van der Waals surface area contributed by atoms with Crippen LogP contribution in [0.25, 0.3) is 0 Å². The fraction of sp³-hybridized carbons (Fsp3) is 0.333. The van der Waals surface area contributed by atoms with E-state index in [1.807, 2.05) is 0 Å². The summed E-state index contributed by atoms with van der Waals surface area (Å²) in [5, 5.41) is 16.3. The van der Waals surface area contributed by atoms with Gasteiger partial charge in [-0.05, 0) is 12.5 Å². The molecule has 14 heteroatoms. The molecule has 0 aliphatic carbocycles. The van der Waals surface area contributed by atoms with E-state index in [0.717, 1.165) is 21.1 Å². The van der Waals surface area contributed by atoms with Crippen molar-refractivity contribution in [3.05, 3.63) is 16.7 Å². The molecule has 4 N–H and O–H groups in total. The molecule has 2 aliphatic heterocycles. The molecule has 0 aromatic carbocycles. The third kappa shape index (κ3) is 4.02. The number of hydrogen-bond donors (Lipinski definition) is 3. The Balaban J connectivity index is 1.53. The summed E-state index contributed by atoms with van der Waals surface area (Å²) < 4.78 is 0. The van der Waals surface area contributed by atoms with Gasteiger partial charge in [0.1, 0.15) is 23.3 Å². The number of aliphatic carboxylic acids is 1. The summed E-state index contributed by atoms with van der Waals surface area (Å²) in [5.74, 6) is -1.78. The summed E-state index contributed by atoms with van der Waals surface area (Å²) in [4.78, 5) is 58.2. The number of nitrogens with two attached hydrogens (primary N) is 1. The topological polar surface area (TPSA) is 168 Å². The molecule has 2 unspecified atom stereocenters. The molecule has 29 heavy (non-hydrogen) atoms. The van der Waals surface area contributed by atoms with Gasteiger partial charge in [0.25, 0.3) is 11.8 Å². The van der Waals surface area contributed by atoms with E-state index in [1.54, 1.807) is 12.3 Å². The molecule has 2 aliphatic rings. The summed E-state index contributed by atoms with van der Waals surface area (Å²) in [6, 6.07) is -0.891. The van der Waals surface area contributed by atoms with Gasteiger partial charge < -0.3 is 16.2 Å². The normalized spacial score (nSPS) is 20.9. The molecule has 154 valence electrons. The lowest BCUT2D eigenvalue weighted by molar-refractivity contribution is -0.150. The molecule has 1 aromatic rings. The lowest BCUT2D eigenvalue weighted by Gasteiger charge is -2.49. The van der Waals surface area contributed by atoms with Crippen molar-refractivity contribution in [3.8, 4) is 0 Å². The van der Waals surface area contributed by atoms with Gasteiger partial charge in [0.15, 0.2) is 10.9 Å². The minimum absolute atomic E-state index is 0.0578. The van der Waals surface area contributed by atoms with E-state index in [1.165, 1.54) is 18.8 Å². The molecule has 3 rings (SSSR count). The van der Waals surface area contributed by atoms with Crippen LogP contribution >= 0.6 is 23.1 Å². The Hall–Kier alpha value is -3.13.